The van der Waals surface area contributed by atoms with Gasteiger partial charge in [-0.05, 0) is 54.2 Å². The van der Waals surface area contributed by atoms with Crippen molar-refractivity contribution in [2.45, 2.75) is 0 Å². The summed E-state index contributed by atoms with van der Waals surface area (Å²) in [5, 5.41) is 6.43. The van der Waals surface area contributed by atoms with Crippen molar-refractivity contribution < 1.29 is 23.4 Å². The van der Waals surface area contributed by atoms with Crippen LogP contribution >= 0.6 is 12.2 Å². The van der Waals surface area contributed by atoms with Crippen molar-refractivity contribution in [3.05, 3.63) is 82.7 Å². The molecule has 1 aromatic heterocycles. The van der Waals surface area contributed by atoms with E-state index in [2.05, 4.69) is 10.6 Å². The highest BCUT2D eigenvalue weighted by Crippen LogP contribution is 2.31. The molecule has 0 unspecified atom stereocenters. The third kappa shape index (κ3) is 5.25. The van der Waals surface area contributed by atoms with Gasteiger partial charge in [0.15, 0.2) is 5.11 Å². The minimum absolute atomic E-state index is 0.0396. The van der Waals surface area contributed by atoms with E-state index in [1.54, 1.807) is 54.6 Å². The third-order valence-corrected chi connectivity index (χ3v) is 5.44. The van der Waals surface area contributed by atoms with E-state index in [-0.39, 0.29) is 5.11 Å². The smallest absolute Gasteiger partial charge is 0.344 e. The number of benzene rings is 3. The summed E-state index contributed by atoms with van der Waals surface area (Å²) in [6.45, 7) is 0. The molecule has 2 N–H and O–H groups in total. The molecular formula is C26H22N2O6S. The van der Waals surface area contributed by atoms with Gasteiger partial charge in [0.2, 0.25) is 0 Å². The molecule has 0 saturated heterocycles. The minimum Gasteiger partial charge on any atom is -0.497 e. The molecule has 9 heteroatoms. The van der Waals surface area contributed by atoms with E-state index < -0.39 is 11.5 Å². The van der Waals surface area contributed by atoms with Crippen LogP contribution in [-0.4, -0.2) is 32.3 Å². The van der Waals surface area contributed by atoms with Crippen LogP contribution in [0.2, 0.25) is 0 Å². The van der Waals surface area contributed by atoms with Gasteiger partial charge < -0.3 is 23.9 Å². The Bertz CT molecular complexity index is 1460. The van der Waals surface area contributed by atoms with Crippen molar-refractivity contribution >= 4 is 39.9 Å². The van der Waals surface area contributed by atoms with Crippen LogP contribution < -0.4 is 30.5 Å². The number of hydrogen-bond acceptors (Lipinski definition) is 7. The molecule has 0 bridgehead atoms. The summed E-state index contributed by atoms with van der Waals surface area (Å²) in [4.78, 5) is 25.4. The zero-order valence-corrected chi connectivity index (χ0v) is 20.0. The van der Waals surface area contributed by atoms with Crippen LogP contribution in [-0.2, 0) is 0 Å². The van der Waals surface area contributed by atoms with Gasteiger partial charge in [0.25, 0.3) is 5.91 Å². The SMILES string of the molecule is COc1cc(OC)cc(C(=O)NC(=S)Nc2cc(-c3cc4ccccc4oc3=O)ccc2OC)c1. The lowest BCUT2D eigenvalue weighted by Gasteiger charge is -2.15. The number of hydrogen-bond donors (Lipinski definition) is 2. The predicted octanol–water partition coefficient (Wildman–Crippen LogP) is 4.61. The molecule has 4 rings (SSSR count). The number of methoxy groups -OCH3 is 3. The van der Waals surface area contributed by atoms with Gasteiger partial charge in [0.1, 0.15) is 22.8 Å². The molecule has 0 aliphatic carbocycles. The average molecular weight is 491 g/mol. The molecule has 0 saturated carbocycles. The zero-order chi connectivity index (χ0) is 24.9. The van der Waals surface area contributed by atoms with Gasteiger partial charge in [0.05, 0.1) is 32.6 Å². The first-order valence-corrected chi connectivity index (χ1v) is 10.9. The largest absolute Gasteiger partial charge is 0.497 e. The topological polar surface area (TPSA) is 99.0 Å². The fourth-order valence-electron chi connectivity index (χ4n) is 3.50. The van der Waals surface area contributed by atoms with Gasteiger partial charge in [-0.2, -0.15) is 0 Å². The van der Waals surface area contributed by atoms with Crippen molar-refractivity contribution in [2.75, 3.05) is 26.6 Å². The Morgan fingerprint density at radius 3 is 2.29 bits per heavy atom. The Morgan fingerprint density at radius 2 is 1.60 bits per heavy atom. The summed E-state index contributed by atoms with van der Waals surface area (Å²) >= 11 is 5.35. The van der Waals surface area contributed by atoms with E-state index in [9.17, 15) is 9.59 Å². The number of amides is 1. The van der Waals surface area contributed by atoms with Gasteiger partial charge in [-0.15, -0.1) is 0 Å². The maximum atomic E-state index is 12.8. The van der Waals surface area contributed by atoms with Gasteiger partial charge in [-0.1, -0.05) is 24.3 Å². The molecule has 35 heavy (non-hydrogen) atoms. The van der Waals surface area contributed by atoms with E-state index in [0.717, 1.165) is 5.39 Å². The lowest BCUT2D eigenvalue weighted by atomic mass is 10.0. The summed E-state index contributed by atoms with van der Waals surface area (Å²) in [7, 11) is 4.50. The summed E-state index contributed by atoms with van der Waals surface area (Å²) in [5.74, 6) is 0.956. The molecule has 0 atom stereocenters. The Labute approximate surface area is 206 Å². The molecule has 0 spiro atoms. The van der Waals surface area contributed by atoms with Crippen LogP contribution in [0.4, 0.5) is 5.69 Å². The maximum absolute atomic E-state index is 12.8. The molecule has 0 fully saturated rings. The second-order valence-corrected chi connectivity index (χ2v) is 7.82. The van der Waals surface area contributed by atoms with Crippen molar-refractivity contribution in [1.29, 1.82) is 0 Å². The molecule has 178 valence electrons. The van der Waals surface area contributed by atoms with Crippen LogP contribution in [0.1, 0.15) is 10.4 Å². The molecule has 1 heterocycles. The van der Waals surface area contributed by atoms with Crippen molar-refractivity contribution in [3.8, 4) is 28.4 Å². The number of anilines is 1. The number of rotatable bonds is 6. The van der Waals surface area contributed by atoms with Gasteiger partial charge in [0, 0.05) is 17.0 Å². The monoisotopic (exact) mass is 490 g/mol. The van der Waals surface area contributed by atoms with Gasteiger partial charge >= 0.3 is 5.63 Å². The number of para-hydroxylation sites is 1. The maximum Gasteiger partial charge on any atom is 0.344 e. The summed E-state index contributed by atoms with van der Waals surface area (Å²) in [6.07, 6.45) is 0. The Hall–Kier alpha value is -4.37. The molecule has 0 aliphatic heterocycles. The highest BCUT2D eigenvalue weighted by molar-refractivity contribution is 7.80. The average Bonchev–Trinajstić information content (AvgIpc) is 2.87. The number of ether oxygens (including phenoxy) is 3. The van der Waals surface area contributed by atoms with Gasteiger partial charge in [-0.3, -0.25) is 10.1 Å². The standard InChI is InChI=1S/C26H22N2O6S/c1-31-18-10-17(11-19(14-18)32-2)24(29)28-26(35)27-21-13-15(8-9-23(21)33-3)20-12-16-6-4-5-7-22(16)34-25(20)30/h4-14H,1-3H3,(H2,27,28,29,35). The molecule has 1 amide bonds. The van der Waals surface area contributed by atoms with Crippen LogP contribution in [0, 0.1) is 0 Å². The van der Waals surface area contributed by atoms with E-state index in [1.165, 1.54) is 21.3 Å². The number of carbonyl (C=O) groups is 1. The second-order valence-electron chi connectivity index (χ2n) is 7.41. The zero-order valence-electron chi connectivity index (χ0n) is 19.2. The first-order valence-electron chi connectivity index (χ1n) is 10.5. The number of fused-ring (bicyclic) bond motifs is 1. The Balaban J connectivity index is 1.59. The highest BCUT2D eigenvalue weighted by atomic mass is 32.1. The lowest BCUT2D eigenvalue weighted by Crippen LogP contribution is -2.34. The summed E-state index contributed by atoms with van der Waals surface area (Å²) in [5.41, 5.74) is 1.78. The summed E-state index contributed by atoms with van der Waals surface area (Å²) < 4.78 is 21.3. The van der Waals surface area contributed by atoms with Crippen LogP contribution in [0.15, 0.2) is 75.9 Å². The molecule has 0 aliphatic rings. The van der Waals surface area contributed by atoms with E-state index in [1.807, 2.05) is 12.1 Å². The normalized spacial score (nSPS) is 10.5. The minimum atomic E-state index is -0.470. The van der Waals surface area contributed by atoms with Gasteiger partial charge in [-0.25, -0.2) is 4.79 Å². The van der Waals surface area contributed by atoms with Crippen molar-refractivity contribution in [1.82, 2.24) is 5.32 Å². The van der Waals surface area contributed by atoms with Crippen molar-refractivity contribution in [2.24, 2.45) is 0 Å². The molecule has 0 radical (unpaired) electrons. The number of carbonyl (C=O) groups excluding carboxylic acids is 1. The molecular weight excluding hydrogens is 468 g/mol. The molecule has 3 aromatic carbocycles. The number of nitrogens with one attached hydrogen (secondary N) is 2. The lowest BCUT2D eigenvalue weighted by molar-refractivity contribution is 0.0977. The molecule has 4 aromatic rings. The quantitative estimate of drug-likeness (QED) is 0.299. The fourth-order valence-corrected chi connectivity index (χ4v) is 3.71. The van der Waals surface area contributed by atoms with E-state index in [4.69, 9.17) is 30.8 Å². The summed E-state index contributed by atoms with van der Waals surface area (Å²) in [6, 6.07) is 19.0. The first-order chi connectivity index (χ1) is 16.9. The predicted molar refractivity (Wildman–Crippen MR) is 138 cm³/mol. The van der Waals surface area contributed by atoms with Crippen LogP contribution in [0.5, 0.6) is 17.2 Å². The van der Waals surface area contributed by atoms with E-state index in [0.29, 0.717) is 45.2 Å². The Morgan fingerprint density at radius 1 is 0.886 bits per heavy atom. The Kier molecular flexibility index (Phi) is 6.98. The molecule has 8 nitrogen and oxygen atoms in total. The fraction of sp³-hybridized carbons (Fsp3) is 0.115. The number of thiocarbonyl (C=S) groups is 1. The first kappa shape index (κ1) is 23.8. The van der Waals surface area contributed by atoms with Crippen molar-refractivity contribution in [3.63, 3.8) is 0 Å². The van der Waals surface area contributed by atoms with Crippen LogP contribution in [0.3, 0.4) is 0 Å². The highest BCUT2D eigenvalue weighted by Gasteiger charge is 2.15. The third-order valence-electron chi connectivity index (χ3n) is 5.24. The second kappa shape index (κ2) is 10.3. The van der Waals surface area contributed by atoms with E-state index >= 15 is 0 Å². The van der Waals surface area contributed by atoms with Crippen LogP contribution in [0.25, 0.3) is 22.1 Å².